The lowest BCUT2D eigenvalue weighted by Gasteiger charge is -2.25. The van der Waals surface area contributed by atoms with E-state index in [1.807, 2.05) is 0 Å². The highest BCUT2D eigenvalue weighted by molar-refractivity contribution is 6.11. The fourth-order valence-corrected chi connectivity index (χ4v) is 5.46. The summed E-state index contributed by atoms with van der Waals surface area (Å²) in [7, 11) is 0. The van der Waals surface area contributed by atoms with Crippen LogP contribution in [0.1, 0.15) is 86.6 Å². The summed E-state index contributed by atoms with van der Waals surface area (Å²) in [6, 6.07) is 4.69. The summed E-state index contributed by atoms with van der Waals surface area (Å²) in [4.78, 5) is 42.6. The van der Waals surface area contributed by atoms with Gasteiger partial charge in [0.05, 0.1) is 5.92 Å². The summed E-state index contributed by atoms with van der Waals surface area (Å²) < 4.78 is 85.1. The fourth-order valence-electron chi connectivity index (χ4n) is 5.46. The van der Waals surface area contributed by atoms with Gasteiger partial charge in [0.15, 0.2) is 12.1 Å². The molecule has 0 bridgehead atoms. The topological polar surface area (TPSA) is 93.7 Å². The Morgan fingerprint density at radius 3 is 2.38 bits per heavy atom. The van der Waals surface area contributed by atoms with E-state index in [2.05, 4.69) is 10.8 Å². The van der Waals surface area contributed by atoms with E-state index < -0.39 is 42.3 Å². The second kappa shape index (κ2) is 15.2. The molecule has 3 aliphatic rings. The molecular formula is C32H36F6N2O5. The average Bonchev–Trinajstić information content (AvgIpc) is 2.99. The van der Waals surface area contributed by atoms with E-state index in [0.29, 0.717) is 49.6 Å². The molecule has 1 aliphatic heterocycles. The number of carbonyl (C=O) groups is 3. The Hall–Kier alpha value is -3.45. The van der Waals surface area contributed by atoms with Crippen molar-refractivity contribution >= 4 is 23.3 Å². The van der Waals surface area contributed by atoms with Crippen LogP contribution in [0.3, 0.4) is 0 Å². The predicted octanol–water partition coefficient (Wildman–Crippen LogP) is 7.59. The van der Waals surface area contributed by atoms with Crippen LogP contribution in [0.5, 0.6) is 0 Å². The van der Waals surface area contributed by atoms with Gasteiger partial charge in [-0.15, -0.1) is 0 Å². The molecule has 2 amide bonds. The molecule has 45 heavy (non-hydrogen) atoms. The van der Waals surface area contributed by atoms with Gasteiger partial charge in [0.2, 0.25) is 11.8 Å². The zero-order valence-corrected chi connectivity index (χ0v) is 24.6. The first-order valence-electron chi connectivity index (χ1n) is 15.1. The van der Waals surface area contributed by atoms with Crippen LogP contribution in [0.15, 0.2) is 53.1 Å². The van der Waals surface area contributed by atoms with E-state index in [4.69, 9.17) is 9.57 Å². The summed E-state index contributed by atoms with van der Waals surface area (Å²) in [5, 5.41) is 2.79. The van der Waals surface area contributed by atoms with Crippen LogP contribution in [-0.4, -0.2) is 42.8 Å². The molecule has 7 nitrogen and oxygen atoms in total. The number of rotatable bonds is 11. The second-order valence-electron chi connectivity index (χ2n) is 11.5. The predicted molar refractivity (Wildman–Crippen MR) is 153 cm³/mol. The Bertz CT molecular complexity index is 1340. The number of anilines is 1. The molecule has 2 aliphatic carbocycles. The number of hydrogen-bond acceptors (Lipinski definition) is 5. The molecule has 246 valence electrons. The molecular weight excluding hydrogens is 606 g/mol. The summed E-state index contributed by atoms with van der Waals surface area (Å²) in [6.07, 6.45) is -2.33. The van der Waals surface area contributed by atoms with Crippen LogP contribution in [0, 0.1) is 5.92 Å². The van der Waals surface area contributed by atoms with Crippen molar-refractivity contribution < 1.29 is 50.3 Å². The van der Waals surface area contributed by atoms with Crippen LogP contribution in [0.4, 0.5) is 32.0 Å². The molecule has 1 saturated heterocycles. The number of halogens is 6. The lowest BCUT2D eigenvalue weighted by atomic mass is 9.83. The van der Waals surface area contributed by atoms with Crippen LogP contribution >= 0.6 is 0 Å². The van der Waals surface area contributed by atoms with Gasteiger partial charge >= 0.3 is 12.4 Å². The fraction of sp³-hybridized carbons (Fsp3) is 0.531. The number of Topliss-reactive ketones (excluding diaryl/α,β-unsaturated/α-hetero) is 1. The van der Waals surface area contributed by atoms with E-state index in [-0.39, 0.29) is 41.4 Å². The number of alkyl halides is 6. The largest absolute Gasteiger partial charge is 0.412 e. The smallest absolute Gasteiger partial charge is 0.350 e. The SMILES string of the molecule is O=C(CCCCCCC(=O)Nc1ccc2c(c1)CC/C(=C\C1=CC(C(F)(F)F)CC(C(F)(F)F)=C1)C2=O)NOC1CCCCO1. The minimum Gasteiger partial charge on any atom is -0.350 e. The number of hydrogen-bond donors (Lipinski definition) is 2. The van der Waals surface area contributed by atoms with Crippen molar-refractivity contribution in [3.05, 3.63) is 64.3 Å². The van der Waals surface area contributed by atoms with Crippen molar-refractivity contribution in [1.82, 2.24) is 5.48 Å². The Morgan fingerprint density at radius 1 is 0.978 bits per heavy atom. The van der Waals surface area contributed by atoms with Gasteiger partial charge in [-0.25, -0.2) is 10.3 Å². The molecule has 1 aromatic rings. The maximum atomic E-state index is 13.3. The van der Waals surface area contributed by atoms with Crippen molar-refractivity contribution in [3.63, 3.8) is 0 Å². The molecule has 0 spiro atoms. The number of unbranched alkanes of at least 4 members (excludes halogenated alkanes) is 3. The normalized spacial score (nSPS) is 21.6. The zero-order chi connectivity index (χ0) is 32.6. The van der Waals surface area contributed by atoms with Crippen molar-refractivity contribution in [2.24, 2.45) is 5.92 Å². The Morgan fingerprint density at radius 2 is 1.71 bits per heavy atom. The van der Waals surface area contributed by atoms with Crippen LogP contribution in [0.2, 0.25) is 0 Å². The molecule has 0 radical (unpaired) electrons. The van der Waals surface area contributed by atoms with Gasteiger partial charge in [-0.3, -0.25) is 14.4 Å². The number of aryl methyl sites for hydroxylation is 1. The second-order valence-corrected chi connectivity index (χ2v) is 11.5. The first kappa shape index (κ1) is 34.4. The summed E-state index contributed by atoms with van der Waals surface area (Å²) in [5.41, 5.74) is 2.35. The summed E-state index contributed by atoms with van der Waals surface area (Å²) in [6.45, 7) is 0.620. The minimum absolute atomic E-state index is 0.120. The van der Waals surface area contributed by atoms with Crippen molar-refractivity contribution in [2.45, 2.75) is 95.7 Å². The summed E-state index contributed by atoms with van der Waals surface area (Å²) >= 11 is 0. The first-order valence-corrected chi connectivity index (χ1v) is 15.1. The molecule has 0 saturated carbocycles. The Labute approximate surface area is 257 Å². The molecule has 13 heteroatoms. The van der Waals surface area contributed by atoms with Gasteiger partial charge < -0.3 is 10.1 Å². The van der Waals surface area contributed by atoms with E-state index >= 15 is 0 Å². The monoisotopic (exact) mass is 642 g/mol. The van der Waals surface area contributed by atoms with Crippen molar-refractivity contribution in [1.29, 1.82) is 0 Å². The average molecular weight is 643 g/mol. The number of hydroxylamine groups is 1. The third-order valence-corrected chi connectivity index (χ3v) is 7.89. The van der Waals surface area contributed by atoms with E-state index in [0.717, 1.165) is 44.3 Å². The highest BCUT2D eigenvalue weighted by Gasteiger charge is 2.45. The van der Waals surface area contributed by atoms with Crippen LogP contribution in [0.25, 0.3) is 0 Å². The zero-order valence-electron chi connectivity index (χ0n) is 24.6. The van der Waals surface area contributed by atoms with Crippen LogP contribution in [-0.2, 0) is 25.6 Å². The van der Waals surface area contributed by atoms with E-state index in [1.165, 1.54) is 12.1 Å². The quantitative estimate of drug-likeness (QED) is 0.112. The maximum absolute atomic E-state index is 13.3. The molecule has 1 fully saturated rings. The molecule has 0 aromatic heterocycles. The number of amides is 2. The van der Waals surface area contributed by atoms with Gasteiger partial charge in [0, 0.05) is 48.3 Å². The van der Waals surface area contributed by atoms with Crippen LogP contribution < -0.4 is 10.8 Å². The highest BCUT2D eigenvalue weighted by Crippen LogP contribution is 2.42. The number of ketones is 1. The number of ether oxygens (including phenoxy) is 1. The number of fused-ring (bicyclic) bond motifs is 1. The molecule has 1 aromatic carbocycles. The highest BCUT2D eigenvalue weighted by atomic mass is 19.4. The third-order valence-electron chi connectivity index (χ3n) is 7.89. The minimum atomic E-state index is -4.91. The molecule has 4 rings (SSSR count). The lowest BCUT2D eigenvalue weighted by Crippen LogP contribution is -2.32. The molecule has 1 heterocycles. The van der Waals surface area contributed by atoms with Gasteiger partial charge in [-0.05, 0) is 86.4 Å². The van der Waals surface area contributed by atoms with Gasteiger partial charge in [0.25, 0.3) is 0 Å². The van der Waals surface area contributed by atoms with E-state index in [1.54, 1.807) is 6.07 Å². The maximum Gasteiger partial charge on any atom is 0.412 e. The van der Waals surface area contributed by atoms with Gasteiger partial charge in [-0.2, -0.15) is 26.3 Å². The number of benzene rings is 1. The number of carbonyl (C=O) groups excluding carboxylic acids is 3. The van der Waals surface area contributed by atoms with Crippen molar-refractivity contribution in [2.75, 3.05) is 11.9 Å². The Kier molecular flexibility index (Phi) is 11.6. The summed E-state index contributed by atoms with van der Waals surface area (Å²) in [5.74, 6) is -3.21. The number of allylic oxidation sites excluding steroid dienone is 6. The van der Waals surface area contributed by atoms with Gasteiger partial charge in [-0.1, -0.05) is 18.9 Å². The molecule has 2 unspecified atom stereocenters. The standard InChI is InChI=1S/C32H36F6N2O5/c33-31(34,35)23-16-20(17-24(19-23)32(36,37)38)15-22-11-10-21-18-25(12-13-26(21)30(22)43)39-27(41)7-3-1-2-4-8-28(42)40-45-29-9-5-6-14-44-29/h12-13,15-18,23,29H,1-11,14,19H2,(H,39,41)(H,40,42)/b22-15+. The van der Waals surface area contributed by atoms with Crippen molar-refractivity contribution in [3.8, 4) is 0 Å². The molecule has 2 N–H and O–H groups in total. The third kappa shape index (κ3) is 10.3. The van der Waals surface area contributed by atoms with Gasteiger partial charge in [0.1, 0.15) is 0 Å². The molecule has 2 atom stereocenters. The van der Waals surface area contributed by atoms with E-state index in [9.17, 15) is 40.7 Å². The number of nitrogens with one attached hydrogen (secondary N) is 2. The Balaban J connectivity index is 1.23. The first-order chi connectivity index (χ1) is 21.3. The lowest BCUT2D eigenvalue weighted by molar-refractivity contribution is -0.200.